The lowest BCUT2D eigenvalue weighted by atomic mass is 9.49. The van der Waals surface area contributed by atoms with Crippen molar-refractivity contribution in [3.05, 3.63) is 22.7 Å². The molecular formula is C21H27N3O2S. The van der Waals surface area contributed by atoms with Crippen molar-refractivity contribution in [3.63, 3.8) is 0 Å². The van der Waals surface area contributed by atoms with Crippen molar-refractivity contribution in [2.75, 3.05) is 6.54 Å². The molecule has 4 bridgehead atoms. The second-order valence-electron chi connectivity index (χ2n) is 9.04. The molecule has 0 aromatic carbocycles. The molecule has 4 aliphatic carbocycles. The number of aromatic nitrogens is 2. The Bertz CT molecular complexity index is 763. The van der Waals surface area contributed by atoms with Gasteiger partial charge in [0.25, 0.3) is 0 Å². The van der Waals surface area contributed by atoms with Gasteiger partial charge < -0.3 is 9.84 Å². The minimum atomic E-state index is 0.0926. The number of aryl methyl sites for hydroxylation is 1. The Morgan fingerprint density at radius 2 is 1.96 bits per heavy atom. The van der Waals surface area contributed by atoms with Crippen LogP contribution in [0.5, 0.6) is 0 Å². The molecule has 0 saturated heterocycles. The predicted molar refractivity (Wildman–Crippen MR) is 104 cm³/mol. The number of hydrogen-bond acceptors (Lipinski definition) is 5. The smallest absolute Gasteiger partial charge is 0.227 e. The van der Waals surface area contributed by atoms with Gasteiger partial charge in [-0.05, 0) is 79.6 Å². The standard InChI is InChI=1S/C21H27N3O2S/c25-18(1-2-19-23-20(24-26-19)17-3-6-27-13-17)22-5-4-21-10-14-7-15(11-21)9-16(8-14)12-21/h3,6,13-16H,1-2,4-5,7-12H2,(H,22,25). The van der Waals surface area contributed by atoms with E-state index in [0.717, 1.165) is 36.3 Å². The molecule has 1 amide bonds. The summed E-state index contributed by atoms with van der Waals surface area (Å²) in [5, 5.41) is 11.1. The molecule has 0 radical (unpaired) electrons. The van der Waals surface area contributed by atoms with Gasteiger partial charge in [-0.3, -0.25) is 4.79 Å². The summed E-state index contributed by atoms with van der Waals surface area (Å²) in [4.78, 5) is 16.6. The Balaban J connectivity index is 1.07. The van der Waals surface area contributed by atoms with Crippen LogP contribution in [-0.2, 0) is 11.2 Å². The maximum atomic E-state index is 12.2. The van der Waals surface area contributed by atoms with Crippen LogP contribution < -0.4 is 5.32 Å². The van der Waals surface area contributed by atoms with Gasteiger partial charge in [0.1, 0.15) is 0 Å². The first kappa shape index (κ1) is 17.4. The topological polar surface area (TPSA) is 68.0 Å². The average Bonchev–Trinajstić information content (AvgIpc) is 3.30. The number of rotatable bonds is 7. The fraction of sp³-hybridized carbons (Fsp3) is 0.667. The average molecular weight is 386 g/mol. The van der Waals surface area contributed by atoms with Gasteiger partial charge in [0, 0.05) is 30.3 Å². The number of amides is 1. The number of thiophene rings is 1. The van der Waals surface area contributed by atoms with Crippen LogP contribution in [0.2, 0.25) is 0 Å². The SMILES string of the molecule is O=C(CCc1nc(-c2ccsc2)no1)NCCC12CC3CC(CC(C3)C1)C2. The van der Waals surface area contributed by atoms with Crippen molar-refractivity contribution in [1.29, 1.82) is 0 Å². The normalized spacial score (nSPS) is 31.3. The van der Waals surface area contributed by atoms with E-state index in [1.807, 2.05) is 16.8 Å². The number of carbonyl (C=O) groups is 1. The molecule has 1 N–H and O–H groups in total. The second-order valence-corrected chi connectivity index (χ2v) is 9.82. The molecule has 27 heavy (non-hydrogen) atoms. The first-order valence-electron chi connectivity index (χ1n) is 10.3. The summed E-state index contributed by atoms with van der Waals surface area (Å²) in [5.41, 5.74) is 1.50. The highest BCUT2D eigenvalue weighted by Gasteiger charge is 2.50. The van der Waals surface area contributed by atoms with Crippen LogP contribution >= 0.6 is 11.3 Å². The lowest BCUT2D eigenvalue weighted by Gasteiger charge is -2.57. The van der Waals surface area contributed by atoms with E-state index in [9.17, 15) is 4.79 Å². The van der Waals surface area contributed by atoms with E-state index < -0.39 is 0 Å². The molecule has 4 saturated carbocycles. The molecule has 2 aromatic rings. The molecule has 4 fully saturated rings. The zero-order valence-electron chi connectivity index (χ0n) is 15.7. The van der Waals surface area contributed by atoms with E-state index in [4.69, 9.17) is 4.52 Å². The van der Waals surface area contributed by atoms with Crippen LogP contribution in [0.3, 0.4) is 0 Å². The molecule has 0 aliphatic heterocycles. The highest BCUT2D eigenvalue weighted by Crippen LogP contribution is 2.61. The number of hydrogen-bond donors (Lipinski definition) is 1. The summed E-state index contributed by atoms with van der Waals surface area (Å²) in [6.07, 6.45) is 10.7. The highest BCUT2D eigenvalue weighted by molar-refractivity contribution is 7.08. The van der Waals surface area contributed by atoms with Crippen molar-refractivity contribution < 1.29 is 9.32 Å². The van der Waals surface area contributed by atoms with Gasteiger partial charge in [-0.25, -0.2) is 0 Å². The lowest BCUT2D eigenvalue weighted by Crippen LogP contribution is -2.47. The third kappa shape index (κ3) is 3.68. The highest BCUT2D eigenvalue weighted by atomic mass is 32.1. The molecule has 0 atom stereocenters. The van der Waals surface area contributed by atoms with Gasteiger partial charge in [-0.1, -0.05) is 5.16 Å². The third-order valence-electron chi connectivity index (χ3n) is 6.96. The molecule has 4 aliphatic rings. The van der Waals surface area contributed by atoms with Crippen molar-refractivity contribution in [2.45, 2.75) is 57.8 Å². The van der Waals surface area contributed by atoms with Crippen molar-refractivity contribution >= 4 is 17.2 Å². The quantitative estimate of drug-likeness (QED) is 0.764. The van der Waals surface area contributed by atoms with E-state index in [0.29, 0.717) is 30.0 Å². The van der Waals surface area contributed by atoms with E-state index in [1.54, 1.807) is 11.3 Å². The molecule has 0 spiro atoms. The van der Waals surface area contributed by atoms with Gasteiger partial charge in [-0.15, -0.1) is 0 Å². The number of carbonyl (C=O) groups excluding carboxylic acids is 1. The first-order valence-corrected chi connectivity index (χ1v) is 11.2. The Kier molecular flexibility index (Phi) is 4.54. The largest absolute Gasteiger partial charge is 0.356 e. The molecule has 6 rings (SSSR count). The zero-order chi connectivity index (χ0) is 18.3. The molecule has 0 unspecified atom stereocenters. The predicted octanol–water partition coefficient (Wildman–Crippen LogP) is 4.45. The lowest BCUT2D eigenvalue weighted by molar-refractivity contribution is -0.121. The van der Waals surface area contributed by atoms with Gasteiger partial charge in [0.2, 0.25) is 17.6 Å². The number of nitrogens with one attached hydrogen (secondary N) is 1. The van der Waals surface area contributed by atoms with Crippen LogP contribution in [0, 0.1) is 23.2 Å². The summed E-state index contributed by atoms with van der Waals surface area (Å²) >= 11 is 1.61. The maximum absolute atomic E-state index is 12.2. The minimum absolute atomic E-state index is 0.0926. The summed E-state index contributed by atoms with van der Waals surface area (Å²) < 4.78 is 5.27. The van der Waals surface area contributed by atoms with Gasteiger partial charge >= 0.3 is 0 Å². The molecule has 5 nitrogen and oxygen atoms in total. The Labute approximate surface area is 163 Å². The third-order valence-corrected chi connectivity index (χ3v) is 7.64. The molecular weight excluding hydrogens is 358 g/mol. The fourth-order valence-electron chi connectivity index (χ4n) is 6.24. The summed E-state index contributed by atoms with van der Waals surface area (Å²) in [6.45, 7) is 0.814. The Morgan fingerprint density at radius 3 is 2.63 bits per heavy atom. The van der Waals surface area contributed by atoms with Crippen molar-refractivity contribution in [2.24, 2.45) is 23.2 Å². The second kappa shape index (κ2) is 7.04. The zero-order valence-corrected chi connectivity index (χ0v) is 16.5. The van der Waals surface area contributed by atoms with Crippen LogP contribution in [0.15, 0.2) is 21.3 Å². The minimum Gasteiger partial charge on any atom is -0.356 e. The molecule has 2 heterocycles. The van der Waals surface area contributed by atoms with E-state index >= 15 is 0 Å². The van der Waals surface area contributed by atoms with Crippen LogP contribution in [0.25, 0.3) is 11.4 Å². The van der Waals surface area contributed by atoms with Crippen molar-refractivity contribution in [3.8, 4) is 11.4 Å². The van der Waals surface area contributed by atoms with E-state index in [1.165, 1.54) is 38.5 Å². The number of nitrogens with zero attached hydrogens (tertiary/aromatic N) is 2. The Hall–Kier alpha value is -1.69. The van der Waals surface area contributed by atoms with Gasteiger partial charge in [0.15, 0.2) is 0 Å². The van der Waals surface area contributed by atoms with E-state index in [2.05, 4.69) is 15.5 Å². The van der Waals surface area contributed by atoms with Crippen molar-refractivity contribution in [1.82, 2.24) is 15.5 Å². The van der Waals surface area contributed by atoms with Gasteiger partial charge in [-0.2, -0.15) is 16.3 Å². The van der Waals surface area contributed by atoms with Crippen LogP contribution in [0.4, 0.5) is 0 Å². The summed E-state index contributed by atoms with van der Waals surface area (Å²) in [7, 11) is 0. The van der Waals surface area contributed by atoms with Crippen LogP contribution in [-0.4, -0.2) is 22.6 Å². The van der Waals surface area contributed by atoms with E-state index in [-0.39, 0.29) is 5.91 Å². The van der Waals surface area contributed by atoms with Crippen LogP contribution in [0.1, 0.15) is 57.3 Å². The van der Waals surface area contributed by atoms with Gasteiger partial charge in [0.05, 0.1) is 0 Å². The first-order chi connectivity index (χ1) is 13.2. The monoisotopic (exact) mass is 385 g/mol. The summed E-state index contributed by atoms with van der Waals surface area (Å²) in [5.74, 6) is 4.15. The Morgan fingerprint density at radius 1 is 1.22 bits per heavy atom. The maximum Gasteiger partial charge on any atom is 0.227 e. The molecule has 144 valence electrons. The fourth-order valence-corrected chi connectivity index (χ4v) is 6.87. The molecule has 2 aromatic heterocycles. The molecule has 6 heteroatoms. The summed E-state index contributed by atoms with van der Waals surface area (Å²) in [6, 6.07) is 1.97.